The summed E-state index contributed by atoms with van der Waals surface area (Å²) in [6.45, 7) is -0.419. The number of pyridine rings is 1. The van der Waals surface area contributed by atoms with Gasteiger partial charge in [-0.3, -0.25) is 4.79 Å². The van der Waals surface area contributed by atoms with E-state index in [-0.39, 0.29) is 5.15 Å². The summed E-state index contributed by atoms with van der Waals surface area (Å²) in [6, 6.07) is 10.8. The van der Waals surface area contributed by atoms with Crippen molar-refractivity contribution in [1.29, 1.82) is 0 Å². The average Bonchev–Trinajstić information content (AvgIpc) is 3.33. The zero-order valence-corrected chi connectivity index (χ0v) is 15.7. The Bertz CT molecular complexity index is 922. The highest BCUT2D eigenvalue weighted by molar-refractivity contribution is 7.12. The van der Waals surface area contributed by atoms with E-state index in [1.165, 1.54) is 28.9 Å². The molecular formula is C18H13ClN2O3S2. The van der Waals surface area contributed by atoms with Crippen molar-refractivity contribution in [1.82, 2.24) is 4.98 Å². The lowest BCUT2D eigenvalue weighted by atomic mass is 10.2. The Kier molecular flexibility index (Phi) is 6.17. The quantitative estimate of drug-likeness (QED) is 0.371. The van der Waals surface area contributed by atoms with Crippen LogP contribution < -0.4 is 5.32 Å². The molecule has 1 amide bonds. The number of amides is 1. The summed E-state index contributed by atoms with van der Waals surface area (Å²) >= 11 is 8.83. The monoisotopic (exact) mass is 404 g/mol. The van der Waals surface area contributed by atoms with Gasteiger partial charge in [-0.2, -0.15) is 0 Å². The fourth-order valence-corrected chi connectivity index (χ4v) is 3.61. The van der Waals surface area contributed by atoms with Crippen molar-refractivity contribution in [3.63, 3.8) is 0 Å². The van der Waals surface area contributed by atoms with E-state index >= 15 is 0 Å². The maximum Gasteiger partial charge on any atom is 0.340 e. The topological polar surface area (TPSA) is 68.3 Å². The molecule has 0 aliphatic heterocycles. The molecule has 0 spiro atoms. The first kappa shape index (κ1) is 18.3. The number of carbonyl (C=O) groups is 2. The standard InChI is InChI=1S/C18H13ClN2O3S2/c19-17-14(5-1-7-20-17)21-16(22)11-24-18(23)13(15-6-3-9-26-15)10-12-4-2-8-25-12/h1-10H,11H2,(H,21,22)/b13-10+. The minimum absolute atomic E-state index is 0.170. The van der Waals surface area contributed by atoms with Gasteiger partial charge in [-0.05, 0) is 41.1 Å². The van der Waals surface area contributed by atoms with Gasteiger partial charge in [0.05, 0.1) is 11.3 Å². The van der Waals surface area contributed by atoms with Crippen molar-refractivity contribution in [3.05, 3.63) is 68.3 Å². The molecule has 0 bridgehead atoms. The van der Waals surface area contributed by atoms with Gasteiger partial charge in [0.15, 0.2) is 11.8 Å². The third-order valence-corrected chi connectivity index (χ3v) is 5.23. The van der Waals surface area contributed by atoms with Crippen LogP contribution in [0.4, 0.5) is 5.69 Å². The summed E-state index contributed by atoms with van der Waals surface area (Å²) in [6.07, 6.45) is 3.27. The summed E-state index contributed by atoms with van der Waals surface area (Å²) in [5, 5.41) is 6.53. The van der Waals surface area contributed by atoms with Gasteiger partial charge in [0.2, 0.25) is 0 Å². The number of anilines is 1. The smallest absolute Gasteiger partial charge is 0.340 e. The second-order valence-electron chi connectivity index (χ2n) is 5.02. The molecule has 3 heterocycles. The van der Waals surface area contributed by atoms with Gasteiger partial charge in [-0.1, -0.05) is 23.7 Å². The molecule has 0 aliphatic carbocycles. The molecule has 3 aromatic rings. The van der Waals surface area contributed by atoms with Crippen LogP contribution in [-0.4, -0.2) is 23.5 Å². The highest BCUT2D eigenvalue weighted by Crippen LogP contribution is 2.26. The first-order valence-corrected chi connectivity index (χ1v) is 9.64. The van der Waals surface area contributed by atoms with E-state index in [0.717, 1.165) is 9.75 Å². The van der Waals surface area contributed by atoms with Gasteiger partial charge in [-0.15, -0.1) is 22.7 Å². The lowest BCUT2D eigenvalue weighted by Gasteiger charge is -2.08. The molecule has 0 saturated heterocycles. The number of hydrogen-bond acceptors (Lipinski definition) is 6. The van der Waals surface area contributed by atoms with Crippen LogP contribution in [0.5, 0.6) is 0 Å². The third kappa shape index (κ3) is 4.78. The molecule has 26 heavy (non-hydrogen) atoms. The minimum Gasteiger partial charge on any atom is -0.452 e. The molecule has 0 aliphatic rings. The van der Waals surface area contributed by atoms with Crippen molar-refractivity contribution in [2.45, 2.75) is 0 Å². The molecule has 3 aromatic heterocycles. The Hall–Kier alpha value is -2.48. The average molecular weight is 405 g/mol. The van der Waals surface area contributed by atoms with Crippen molar-refractivity contribution in [2.24, 2.45) is 0 Å². The molecule has 1 N–H and O–H groups in total. The van der Waals surface area contributed by atoms with Crippen molar-refractivity contribution in [2.75, 3.05) is 11.9 Å². The number of ether oxygens (including phenoxy) is 1. The number of hydrogen-bond donors (Lipinski definition) is 1. The molecule has 0 aromatic carbocycles. The first-order valence-electron chi connectivity index (χ1n) is 7.50. The Balaban J connectivity index is 1.67. The zero-order valence-electron chi connectivity index (χ0n) is 13.3. The molecule has 0 unspecified atom stereocenters. The Labute approximate surface area is 162 Å². The number of rotatable bonds is 6. The number of esters is 1. The maximum absolute atomic E-state index is 12.5. The highest BCUT2D eigenvalue weighted by Gasteiger charge is 2.17. The fourth-order valence-electron chi connectivity index (χ4n) is 2.05. The van der Waals surface area contributed by atoms with E-state index in [2.05, 4.69) is 10.3 Å². The van der Waals surface area contributed by atoms with Crippen LogP contribution in [0, 0.1) is 0 Å². The zero-order chi connectivity index (χ0) is 18.4. The summed E-state index contributed by atoms with van der Waals surface area (Å²) < 4.78 is 5.18. The number of nitrogens with zero attached hydrogens (tertiary/aromatic N) is 1. The lowest BCUT2D eigenvalue weighted by molar-refractivity contribution is -0.141. The molecule has 8 heteroatoms. The molecule has 0 radical (unpaired) electrons. The predicted octanol–water partition coefficient (Wildman–Crippen LogP) is 4.58. The van der Waals surface area contributed by atoms with Crippen LogP contribution in [0.3, 0.4) is 0 Å². The van der Waals surface area contributed by atoms with Crippen LogP contribution in [0.1, 0.15) is 9.75 Å². The summed E-state index contributed by atoms with van der Waals surface area (Å²) in [5.41, 5.74) is 0.775. The van der Waals surface area contributed by atoms with E-state index in [1.807, 2.05) is 35.0 Å². The Morgan fingerprint density at radius 2 is 1.96 bits per heavy atom. The van der Waals surface area contributed by atoms with E-state index in [0.29, 0.717) is 11.3 Å². The van der Waals surface area contributed by atoms with E-state index < -0.39 is 18.5 Å². The second kappa shape index (κ2) is 8.75. The molecule has 3 rings (SSSR count). The molecule has 132 valence electrons. The first-order chi connectivity index (χ1) is 12.6. The fraction of sp³-hybridized carbons (Fsp3) is 0.0556. The van der Waals surface area contributed by atoms with Gasteiger partial charge >= 0.3 is 5.97 Å². The Morgan fingerprint density at radius 1 is 1.15 bits per heavy atom. The number of nitrogens with one attached hydrogen (secondary N) is 1. The molecule has 5 nitrogen and oxygen atoms in total. The number of halogens is 1. The van der Waals surface area contributed by atoms with E-state index in [4.69, 9.17) is 16.3 Å². The molecule has 0 saturated carbocycles. The Morgan fingerprint density at radius 3 is 2.65 bits per heavy atom. The predicted molar refractivity (Wildman–Crippen MR) is 105 cm³/mol. The van der Waals surface area contributed by atoms with Gasteiger partial charge in [-0.25, -0.2) is 9.78 Å². The number of aromatic nitrogens is 1. The summed E-state index contributed by atoms with van der Waals surface area (Å²) in [5.74, 6) is -1.05. The lowest BCUT2D eigenvalue weighted by Crippen LogP contribution is -2.21. The van der Waals surface area contributed by atoms with E-state index in [1.54, 1.807) is 18.2 Å². The normalized spacial score (nSPS) is 11.2. The van der Waals surface area contributed by atoms with Gasteiger partial charge in [0.25, 0.3) is 5.91 Å². The molecule has 0 atom stereocenters. The van der Waals surface area contributed by atoms with Crippen molar-refractivity contribution >= 4 is 63.5 Å². The van der Waals surface area contributed by atoms with E-state index in [9.17, 15) is 9.59 Å². The van der Waals surface area contributed by atoms with Gasteiger partial charge < -0.3 is 10.1 Å². The van der Waals surface area contributed by atoms with Crippen LogP contribution in [0.2, 0.25) is 5.15 Å². The second-order valence-corrected chi connectivity index (χ2v) is 7.30. The van der Waals surface area contributed by atoms with Crippen LogP contribution >= 0.6 is 34.3 Å². The van der Waals surface area contributed by atoms with Crippen LogP contribution in [-0.2, 0) is 14.3 Å². The number of carbonyl (C=O) groups excluding carboxylic acids is 2. The molecule has 0 fully saturated rings. The molecular weight excluding hydrogens is 392 g/mol. The van der Waals surface area contributed by atoms with Crippen molar-refractivity contribution in [3.8, 4) is 0 Å². The summed E-state index contributed by atoms with van der Waals surface area (Å²) in [7, 11) is 0. The number of thiophene rings is 2. The maximum atomic E-state index is 12.5. The van der Waals surface area contributed by atoms with Crippen molar-refractivity contribution < 1.29 is 14.3 Å². The van der Waals surface area contributed by atoms with Gasteiger partial charge in [0, 0.05) is 16.0 Å². The van der Waals surface area contributed by atoms with Crippen LogP contribution in [0.15, 0.2) is 53.4 Å². The highest BCUT2D eigenvalue weighted by atomic mass is 35.5. The van der Waals surface area contributed by atoms with Crippen LogP contribution in [0.25, 0.3) is 11.6 Å². The minimum atomic E-state index is -0.562. The third-order valence-electron chi connectivity index (χ3n) is 3.20. The SMILES string of the molecule is O=C(COC(=O)/C(=C/c1cccs1)c1cccs1)Nc1cccnc1Cl. The summed E-state index contributed by atoms with van der Waals surface area (Å²) in [4.78, 5) is 30.1. The van der Waals surface area contributed by atoms with Gasteiger partial charge in [0.1, 0.15) is 0 Å². The largest absolute Gasteiger partial charge is 0.452 e.